The zero-order chi connectivity index (χ0) is 16.0. The number of anilines is 1. The van der Waals surface area contributed by atoms with Gasteiger partial charge >= 0.3 is 11.9 Å². The van der Waals surface area contributed by atoms with Crippen molar-refractivity contribution in [2.24, 2.45) is 0 Å². The topological polar surface area (TPSA) is 64.4 Å². The van der Waals surface area contributed by atoms with Crippen molar-refractivity contribution in [1.29, 1.82) is 0 Å². The van der Waals surface area contributed by atoms with Gasteiger partial charge in [0, 0.05) is 6.04 Å². The Hall–Kier alpha value is -1.99. The summed E-state index contributed by atoms with van der Waals surface area (Å²) in [6.07, 6.45) is -4.75. The molecular weight excluding hydrogens is 289 g/mol. The monoisotopic (exact) mass is 306 g/mol. The zero-order valence-corrected chi connectivity index (χ0v) is 11.7. The highest BCUT2D eigenvalue weighted by molar-refractivity contribution is 5.68. The molecule has 0 saturated heterocycles. The summed E-state index contributed by atoms with van der Waals surface area (Å²) in [6, 6.07) is 3.31. The van der Waals surface area contributed by atoms with Gasteiger partial charge in [0.05, 0.1) is 18.0 Å². The summed E-state index contributed by atoms with van der Waals surface area (Å²) in [7, 11) is 0. The second kappa shape index (κ2) is 7.14. The van der Waals surface area contributed by atoms with Crippen LogP contribution in [0.3, 0.4) is 0 Å². The van der Waals surface area contributed by atoms with Gasteiger partial charge in [-0.2, -0.15) is 13.2 Å². The highest BCUT2D eigenvalue weighted by Gasteiger charge is 2.31. The number of para-hydroxylation sites is 1. The molecule has 5 nitrogen and oxygen atoms in total. The molecule has 0 amide bonds. The molecule has 1 N–H and O–H groups in total. The Morgan fingerprint density at radius 3 is 2.62 bits per heavy atom. The SMILES string of the molecule is CCCOc1cccc(NC(C)CC(F)(F)F)c1[N+](=O)[O-]. The number of nitro groups is 1. The van der Waals surface area contributed by atoms with Crippen LogP contribution in [0.25, 0.3) is 0 Å². The third-order valence-corrected chi connectivity index (χ3v) is 2.58. The first-order valence-electron chi connectivity index (χ1n) is 6.48. The summed E-state index contributed by atoms with van der Waals surface area (Å²) < 4.78 is 42.2. The van der Waals surface area contributed by atoms with Gasteiger partial charge in [-0.25, -0.2) is 0 Å². The maximum absolute atomic E-state index is 12.3. The number of ether oxygens (including phenoxy) is 1. The van der Waals surface area contributed by atoms with Crippen LogP contribution in [0.4, 0.5) is 24.5 Å². The minimum absolute atomic E-state index is 0.0188. The average molecular weight is 306 g/mol. The average Bonchev–Trinajstić information content (AvgIpc) is 2.33. The Morgan fingerprint density at radius 1 is 1.43 bits per heavy atom. The molecule has 118 valence electrons. The second-order valence-electron chi connectivity index (χ2n) is 4.62. The molecule has 0 aliphatic rings. The minimum atomic E-state index is -4.34. The number of rotatable bonds is 7. The molecule has 0 fully saturated rings. The van der Waals surface area contributed by atoms with Crippen LogP contribution in [-0.2, 0) is 0 Å². The number of alkyl halides is 3. The number of hydrogen-bond acceptors (Lipinski definition) is 4. The molecule has 0 bridgehead atoms. The van der Waals surface area contributed by atoms with E-state index in [9.17, 15) is 23.3 Å². The number of hydrogen-bond donors (Lipinski definition) is 1. The van der Waals surface area contributed by atoms with Crippen LogP contribution < -0.4 is 10.1 Å². The number of nitrogens with zero attached hydrogens (tertiary/aromatic N) is 1. The van der Waals surface area contributed by atoms with E-state index in [2.05, 4.69) is 5.32 Å². The molecule has 0 heterocycles. The first-order valence-corrected chi connectivity index (χ1v) is 6.48. The molecular formula is C13H17F3N2O3. The van der Waals surface area contributed by atoms with E-state index >= 15 is 0 Å². The van der Waals surface area contributed by atoms with Crippen LogP contribution in [0, 0.1) is 10.1 Å². The number of benzene rings is 1. The Balaban J connectivity index is 2.98. The molecule has 21 heavy (non-hydrogen) atoms. The van der Waals surface area contributed by atoms with Crippen LogP contribution in [0.1, 0.15) is 26.7 Å². The largest absolute Gasteiger partial charge is 0.487 e. The van der Waals surface area contributed by atoms with E-state index in [1.165, 1.54) is 25.1 Å². The second-order valence-corrected chi connectivity index (χ2v) is 4.62. The smallest absolute Gasteiger partial charge is 0.391 e. The van der Waals surface area contributed by atoms with E-state index in [4.69, 9.17) is 4.74 Å². The Kier molecular flexibility index (Phi) is 5.80. The van der Waals surface area contributed by atoms with Crippen LogP contribution in [0.15, 0.2) is 18.2 Å². The molecule has 0 radical (unpaired) electrons. The maximum Gasteiger partial charge on any atom is 0.391 e. The van der Waals surface area contributed by atoms with Gasteiger partial charge in [0.2, 0.25) is 0 Å². The third-order valence-electron chi connectivity index (χ3n) is 2.58. The highest BCUT2D eigenvalue weighted by Crippen LogP contribution is 2.36. The van der Waals surface area contributed by atoms with E-state index in [-0.39, 0.29) is 17.1 Å². The van der Waals surface area contributed by atoms with Crippen LogP contribution in [0.5, 0.6) is 5.75 Å². The van der Waals surface area contributed by atoms with Gasteiger partial charge in [0.1, 0.15) is 5.69 Å². The Morgan fingerprint density at radius 2 is 2.10 bits per heavy atom. The fraction of sp³-hybridized carbons (Fsp3) is 0.538. The lowest BCUT2D eigenvalue weighted by Crippen LogP contribution is -2.24. The van der Waals surface area contributed by atoms with E-state index < -0.39 is 23.6 Å². The van der Waals surface area contributed by atoms with Crippen LogP contribution in [-0.4, -0.2) is 23.7 Å². The quantitative estimate of drug-likeness (QED) is 0.607. The molecule has 0 saturated carbocycles. The third kappa shape index (κ3) is 5.49. The van der Waals surface area contributed by atoms with Crippen molar-refractivity contribution in [2.75, 3.05) is 11.9 Å². The molecule has 0 aromatic heterocycles. The van der Waals surface area contributed by atoms with Gasteiger partial charge in [-0.05, 0) is 25.5 Å². The van der Waals surface area contributed by atoms with Crippen molar-refractivity contribution in [3.63, 3.8) is 0 Å². The fourth-order valence-electron chi connectivity index (χ4n) is 1.82. The van der Waals surface area contributed by atoms with Crippen molar-refractivity contribution in [3.8, 4) is 5.75 Å². The molecule has 1 atom stereocenters. The lowest BCUT2D eigenvalue weighted by atomic mass is 10.2. The van der Waals surface area contributed by atoms with E-state index in [1.807, 2.05) is 6.92 Å². The number of halogens is 3. The summed E-state index contributed by atoms with van der Waals surface area (Å²) in [5.41, 5.74) is -0.328. The summed E-state index contributed by atoms with van der Waals surface area (Å²) in [5.74, 6) is 0.0473. The maximum atomic E-state index is 12.3. The van der Waals surface area contributed by atoms with Crippen molar-refractivity contribution in [1.82, 2.24) is 0 Å². The highest BCUT2D eigenvalue weighted by atomic mass is 19.4. The van der Waals surface area contributed by atoms with Crippen molar-refractivity contribution >= 4 is 11.4 Å². The molecule has 1 unspecified atom stereocenters. The predicted octanol–water partition coefficient (Wildman–Crippen LogP) is 4.14. The van der Waals surface area contributed by atoms with Crippen molar-refractivity contribution in [3.05, 3.63) is 28.3 Å². The Bertz CT molecular complexity index is 492. The van der Waals surface area contributed by atoms with Gasteiger partial charge in [-0.3, -0.25) is 10.1 Å². The van der Waals surface area contributed by atoms with E-state index in [1.54, 1.807) is 0 Å². The number of nitro benzene ring substituents is 1. The summed E-state index contributed by atoms with van der Waals surface area (Å²) in [4.78, 5) is 10.5. The standard InChI is InChI=1S/C13H17F3N2O3/c1-3-7-21-11-6-4-5-10(12(11)18(19)20)17-9(2)8-13(14,15)16/h4-6,9,17H,3,7-8H2,1-2H3. The summed E-state index contributed by atoms with van der Waals surface area (Å²) in [5, 5.41) is 13.7. The molecule has 1 aromatic carbocycles. The summed E-state index contributed by atoms with van der Waals surface area (Å²) >= 11 is 0. The van der Waals surface area contributed by atoms with E-state index in [0.29, 0.717) is 13.0 Å². The molecule has 0 spiro atoms. The van der Waals surface area contributed by atoms with Gasteiger partial charge in [0.15, 0.2) is 5.75 Å². The minimum Gasteiger partial charge on any atom is -0.487 e. The van der Waals surface area contributed by atoms with Gasteiger partial charge in [-0.15, -0.1) is 0 Å². The van der Waals surface area contributed by atoms with Gasteiger partial charge in [0.25, 0.3) is 0 Å². The summed E-state index contributed by atoms with van der Waals surface area (Å²) in [6.45, 7) is 3.46. The first kappa shape index (κ1) is 17.1. The lowest BCUT2D eigenvalue weighted by Gasteiger charge is -2.17. The molecule has 0 aliphatic heterocycles. The lowest BCUT2D eigenvalue weighted by molar-refractivity contribution is -0.385. The molecule has 8 heteroatoms. The molecule has 1 aromatic rings. The fourth-order valence-corrected chi connectivity index (χ4v) is 1.82. The van der Waals surface area contributed by atoms with Crippen molar-refractivity contribution < 1.29 is 22.8 Å². The normalized spacial score (nSPS) is 12.8. The predicted molar refractivity (Wildman–Crippen MR) is 72.6 cm³/mol. The molecule has 0 aliphatic carbocycles. The zero-order valence-electron chi connectivity index (χ0n) is 11.7. The van der Waals surface area contributed by atoms with Gasteiger partial charge in [-0.1, -0.05) is 13.0 Å². The van der Waals surface area contributed by atoms with Crippen LogP contribution in [0.2, 0.25) is 0 Å². The molecule has 1 rings (SSSR count). The van der Waals surface area contributed by atoms with Gasteiger partial charge < -0.3 is 10.1 Å². The Labute approximate surface area is 120 Å². The van der Waals surface area contributed by atoms with Crippen LogP contribution >= 0.6 is 0 Å². The first-order chi connectivity index (χ1) is 9.74. The number of nitrogens with one attached hydrogen (secondary N) is 1. The van der Waals surface area contributed by atoms with E-state index in [0.717, 1.165) is 0 Å². The van der Waals surface area contributed by atoms with Crippen molar-refractivity contribution in [2.45, 2.75) is 38.9 Å².